The van der Waals surface area contributed by atoms with Gasteiger partial charge >= 0.3 is 0 Å². The summed E-state index contributed by atoms with van der Waals surface area (Å²) in [4.78, 5) is 14.6. The number of fused-ring (bicyclic) bond motifs is 12. The van der Waals surface area contributed by atoms with Gasteiger partial charge in [0.2, 0.25) is 0 Å². The Bertz CT molecular complexity index is 3820. The van der Waals surface area contributed by atoms with Gasteiger partial charge in [0.05, 0.1) is 38.7 Å². The summed E-state index contributed by atoms with van der Waals surface area (Å²) in [5, 5.41) is 6.68. The number of halogens is 1. The zero-order chi connectivity index (χ0) is 42.3. The molecule has 0 aliphatic rings. The molecular formula is C57H35FN6. The molecule has 6 nitrogen and oxygen atoms in total. The second-order valence-electron chi connectivity index (χ2n) is 16.1. The lowest BCUT2D eigenvalue weighted by molar-refractivity contribution is 0.629. The van der Waals surface area contributed by atoms with Gasteiger partial charge in [0, 0.05) is 60.5 Å². The van der Waals surface area contributed by atoms with E-state index in [9.17, 15) is 0 Å². The van der Waals surface area contributed by atoms with Gasteiger partial charge in [-0.15, -0.1) is 0 Å². The summed E-state index contributed by atoms with van der Waals surface area (Å²) in [6.07, 6.45) is 0. The zero-order valence-electron chi connectivity index (χ0n) is 34.3. The van der Waals surface area contributed by atoms with E-state index in [-0.39, 0.29) is 5.82 Å². The van der Waals surface area contributed by atoms with Gasteiger partial charge in [-0.2, -0.15) is 0 Å². The summed E-state index contributed by atoms with van der Waals surface area (Å²) in [6, 6.07) is 72.1. The van der Waals surface area contributed by atoms with Crippen molar-refractivity contribution in [3.63, 3.8) is 0 Å². The molecule has 0 aliphatic heterocycles. The Hall–Kier alpha value is -8.68. The van der Waals surface area contributed by atoms with E-state index in [0.717, 1.165) is 87.9 Å². The van der Waals surface area contributed by atoms with E-state index >= 15 is 4.39 Å². The monoisotopic (exact) mass is 822 g/mol. The van der Waals surface area contributed by atoms with Gasteiger partial charge in [-0.1, -0.05) is 152 Å². The quantitative estimate of drug-likeness (QED) is 0.168. The van der Waals surface area contributed by atoms with Crippen molar-refractivity contribution in [3.05, 3.63) is 218 Å². The molecule has 64 heavy (non-hydrogen) atoms. The van der Waals surface area contributed by atoms with Crippen LogP contribution < -0.4 is 0 Å². The minimum atomic E-state index is -0.435. The van der Waals surface area contributed by atoms with Gasteiger partial charge in [0.15, 0.2) is 17.5 Å². The topological polar surface area (TPSA) is 53.5 Å². The first-order chi connectivity index (χ1) is 31.7. The molecule has 0 spiro atoms. The van der Waals surface area contributed by atoms with Crippen LogP contribution in [-0.4, -0.2) is 28.7 Å². The normalized spacial score (nSPS) is 11.8. The van der Waals surface area contributed by atoms with Crippen LogP contribution in [0.2, 0.25) is 0 Å². The number of para-hydroxylation sites is 5. The maximum atomic E-state index is 17.3. The van der Waals surface area contributed by atoms with Crippen molar-refractivity contribution in [1.29, 1.82) is 0 Å². The Morgan fingerprint density at radius 2 is 0.656 bits per heavy atom. The van der Waals surface area contributed by atoms with Gasteiger partial charge in [0.1, 0.15) is 5.82 Å². The predicted molar refractivity (Wildman–Crippen MR) is 259 cm³/mol. The molecule has 0 radical (unpaired) electrons. The minimum Gasteiger partial charge on any atom is -0.308 e. The summed E-state index contributed by atoms with van der Waals surface area (Å²) in [6.45, 7) is 0. The van der Waals surface area contributed by atoms with Crippen molar-refractivity contribution in [1.82, 2.24) is 28.7 Å². The number of rotatable bonds is 6. The lowest BCUT2D eigenvalue weighted by Crippen LogP contribution is -2.02. The molecule has 0 amide bonds. The van der Waals surface area contributed by atoms with Gasteiger partial charge in [-0.3, -0.25) is 0 Å². The van der Waals surface area contributed by atoms with Crippen LogP contribution >= 0.6 is 0 Å². The second-order valence-corrected chi connectivity index (χ2v) is 16.1. The van der Waals surface area contributed by atoms with Crippen LogP contribution in [0, 0.1) is 5.82 Å². The van der Waals surface area contributed by atoms with Gasteiger partial charge in [-0.25, -0.2) is 19.3 Å². The largest absolute Gasteiger partial charge is 0.308 e. The Morgan fingerprint density at radius 3 is 1.06 bits per heavy atom. The zero-order valence-corrected chi connectivity index (χ0v) is 34.3. The molecule has 4 aromatic heterocycles. The maximum absolute atomic E-state index is 17.3. The SMILES string of the molecule is Fc1cc(-n2c3ccccc3c3c4c(c5ccccc5n4-c4ccccc4)c4c(c5ccccc5n4-c4ccccc4)c32)ccc1-c1nc(-c2ccccc2)nc(-c2ccccc2)n1. The average Bonchev–Trinajstić information content (AvgIpc) is 4.01. The molecule has 0 atom stereocenters. The van der Waals surface area contributed by atoms with E-state index in [1.807, 2.05) is 72.8 Å². The molecule has 7 heteroatoms. The Kier molecular flexibility index (Phi) is 7.99. The lowest BCUT2D eigenvalue weighted by atomic mass is 10.0. The van der Waals surface area contributed by atoms with Crippen molar-refractivity contribution in [2.24, 2.45) is 0 Å². The fraction of sp³-hybridized carbons (Fsp3) is 0. The van der Waals surface area contributed by atoms with Crippen LogP contribution in [0.25, 0.3) is 117 Å². The van der Waals surface area contributed by atoms with E-state index in [1.165, 1.54) is 0 Å². The molecule has 0 bridgehead atoms. The summed E-state index contributed by atoms with van der Waals surface area (Å²) in [5.41, 5.74) is 11.1. The number of benzene rings is 9. The van der Waals surface area contributed by atoms with E-state index in [0.29, 0.717) is 22.9 Å². The number of hydrogen-bond acceptors (Lipinski definition) is 3. The fourth-order valence-corrected chi connectivity index (χ4v) is 9.86. The third kappa shape index (κ3) is 5.34. The Morgan fingerprint density at radius 1 is 0.312 bits per heavy atom. The summed E-state index contributed by atoms with van der Waals surface area (Å²) >= 11 is 0. The lowest BCUT2D eigenvalue weighted by Gasteiger charge is -2.14. The highest BCUT2D eigenvalue weighted by Crippen LogP contribution is 2.50. The highest BCUT2D eigenvalue weighted by atomic mass is 19.1. The molecule has 0 N–H and O–H groups in total. The van der Waals surface area contributed by atoms with E-state index in [1.54, 1.807) is 6.07 Å². The van der Waals surface area contributed by atoms with Crippen molar-refractivity contribution in [2.75, 3.05) is 0 Å². The van der Waals surface area contributed by atoms with E-state index < -0.39 is 5.82 Å². The molecule has 13 rings (SSSR count). The molecular weight excluding hydrogens is 788 g/mol. The van der Waals surface area contributed by atoms with Crippen LogP contribution in [0.1, 0.15) is 0 Å². The van der Waals surface area contributed by atoms with Crippen LogP contribution in [0.4, 0.5) is 4.39 Å². The van der Waals surface area contributed by atoms with Crippen molar-refractivity contribution >= 4 is 65.4 Å². The van der Waals surface area contributed by atoms with Crippen LogP contribution in [0.5, 0.6) is 0 Å². The first-order valence-corrected chi connectivity index (χ1v) is 21.4. The van der Waals surface area contributed by atoms with Gasteiger partial charge in [-0.05, 0) is 60.7 Å². The first kappa shape index (κ1) is 36.0. The number of nitrogens with zero attached hydrogens (tertiary/aromatic N) is 6. The number of aromatic nitrogens is 6. The molecule has 4 heterocycles. The fourth-order valence-electron chi connectivity index (χ4n) is 9.86. The van der Waals surface area contributed by atoms with Gasteiger partial charge in [0.25, 0.3) is 0 Å². The minimum absolute atomic E-state index is 0.265. The number of hydrogen-bond donors (Lipinski definition) is 0. The maximum Gasteiger partial charge on any atom is 0.167 e. The highest BCUT2D eigenvalue weighted by molar-refractivity contribution is 6.40. The molecule has 9 aromatic carbocycles. The van der Waals surface area contributed by atoms with Crippen LogP contribution in [0.15, 0.2) is 212 Å². The molecule has 0 aliphatic carbocycles. The van der Waals surface area contributed by atoms with E-state index in [4.69, 9.17) is 15.0 Å². The third-order valence-electron chi connectivity index (χ3n) is 12.5. The van der Waals surface area contributed by atoms with Crippen molar-refractivity contribution in [3.8, 4) is 51.2 Å². The van der Waals surface area contributed by atoms with E-state index in [2.05, 4.69) is 147 Å². The molecule has 0 fully saturated rings. The van der Waals surface area contributed by atoms with Crippen molar-refractivity contribution < 1.29 is 4.39 Å². The summed E-state index contributed by atoms with van der Waals surface area (Å²) in [5.74, 6) is 0.784. The smallest absolute Gasteiger partial charge is 0.167 e. The second kappa shape index (κ2) is 14.2. The molecule has 0 saturated carbocycles. The van der Waals surface area contributed by atoms with Gasteiger partial charge < -0.3 is 13.7 Å². The van der Waals surface area contributed by atoms with Crippen LogP contribution in [0.3, 0.4) is 0 Å². The van der Waals surface area contributed by atoms with Crippen LogP contribution in [-0.2, 0) is 0 Å². The first-order valence-electron chi connectivity index (χ1n) is 21.4. The van der Waals surface area contributed by atoms with Crippen molar-refractivity contribution in [2.45, 2.75) is 0 Å². The molecule has 0 unspecified atom stereocenters. The summed E-state index contributed by atoms with van der Waals surface area (Å²) in [7, 11) is 0. The Balaban J connectivity index is 1.17. The highest BCUT2D eigenvalue weighted by Gasteiger charge is 2.29. The average molecular weight is 823 g/mol. The standard InChI is InChI=1S/C57H35FN6/c58-45-35-40(33-34-41(45)57-60-55(36-19-5-1-6-20-36)59-56(61-57)37-21-7-2-8-22-37)64-48-32-18-15-29-44(48)51-53-49(42-27-13-16-30-46(42)62(53)38-23-9-3-10-24-38)52-50(54(51)64)43-28-14-17-31-47(43)63(52)39-25-11-4-12-26-39/h1-35H. The predicted octanol–water partition coefficient (Wildman–Crippen LogP) is 14.3. The third-order valence-corrected chi connectivity index (χ3v) is 12.5. The molecule has 300 valence electrons. The summed E-state index contributed by atoms with van der Waals surface area (Å²) < 4.78 is 24.4. The Labute approximate surface area is 366 Å². The molecule has 13 aromatic rings. The molecule has 0 saturated heterocycles.